The molecule has 0 atom stereocenters. The molecule has 19 heavy (non-hydrogen) atoms. The Kier molecular flexibility index (Phi) is 3.51. The second-order valence-corrected chi connectivity index (χ2v) is 5.82. The van der Waals surface area contributed by atoms with Gasteiger partial charge in [0, 0.05) is 0 Å². The van der Waals surface area contributed by atoms with Crippen molar-refractivity contribution in [2.75, 3.05) is 5.73 Å². The van der Waals surface area contributed by atoms with Crippen LogP contribution in [-0.4, -0.2) is 9.78 Å². The number of benzene rings is 1. The standard InChI is InChI=1S/C15H21N3O/c1-11-7-12(15(2,3)4)5-6-14(11)19-10-18-9-13(16)8-17-18/h5-9H,10,16H2,1-4H3. The number of aromatic nitrogens is 2. The van der Waals surface area contributed by atoms with Crippen molar-refractivity contribution in [2.45, 2.75) is 39.8 Å². The van der Waals surface area contributed by atoms with Crippen LogP contribution in [0.1, 0.15) is 31.9 Å². The van der Waals surface area contributed by atoms with E-state index in [2.05, 4.69) is 44.9 Å². The lowest BCUT2D eigenvalue weighted by molar-refractivity contribution is 0.219. The number of anilines is 1. The van der Waals surface area contributed by atoms with Crippen molar-refractivity contribution in [1.82, 2.24) is 9.78 Å². The van der Waals surface area contributed by atoms with E-state index >= 15 is 0 Å². The van der Waals surface area contributed by atoms with Gasteiger partial charge in [0.15, 0.2) is 6.73 Å². The van der Waals surface area contributed by atoms with Gasteiger partial charge in [0.25, 0.3) is 0 Å². The minimum atomic E-state index is 0.153. The Bertz CT molecular complexity index is 567. The number of nitrogen functional groups attached to an aromatic ring is 1. The molecule has 0 amide bonds. The van der Waals surface area contributed by atoms with Crippen LogP contribution in [0.15, 0.2) is 30.6 Å². The summed E-state index contributed by atoms with van der Waals surface area (Å²) in [5, 5.41) is 4.08. The molecule has 4 nitrogen and oxygen atoms in total. The molecule has 1 heterocycles. The number of rotatable bonds is 3. The molecule has 2 N–H and O–H groups in total. The lowest BCUT2D eigenvalue weighted by Crippen LogP contribution is -2.12. The van der Waals surface area contributed by atoms with Crippen LogP contribution in [0.5, 0.6) is 5.75 Å². The van der Waals surface area contributed by atoms with E-state index in [4.69, 9.17) is 10.5 Å². The first-order valence-electron chi connectivity index (χ1n) is 6.38. The van der Waals surface area contributed by atoms with Gasteiger partial charge in [0.05, 0.1) is 18.1 Å². The van der Waals surface area contributed by atoms with Gasteiger partial charge >= 0.3 is 0 Å². The summed E-state index contributed by atoms with van der Waals surface area (Å²) in [6.45, 7) is 9.04. The van der Waals surface area contributed by atoms with Crippen LogP contribution < -0.4 is 10.5 Å². The van der Waals surface area contributed by atoms with E-state index in [0.717, 1.165) is 11.3 Å². The van der Waals surface area contributed by atoms with Crippen LogP contribution in [0, 0.1) is 6.92 Å². The maximum atomic E-state index is 5.75. The maximum Gasteiger partial charge on any atom is 0.180 e. The van der Waals surface area contributed by atoms with Crippen molar-refractivity contribution in [1.29, 1.82) is 0 Å². The van der Waals surface area contributed by atoms with Crippen molar-refractivity contribution in [2.24, 2.45) is 0 Å². The van der Waals surface area contributed by atoms with Gasteiger partial charge in [-0.1, -0.05) is 32.9 Å². The molecule has 0 bridgehead atoms. The van der Waals surface area contributed by atoms with Crippen LogP contribution in [0.2, 0.25) is 0 Å². The normalized spacial score (nSPS) is 11.6. The van der Waals surface area contributed by atoms with Gasteiger partial charge in [-0.05, 0) is 29.5 Å². The fraction of sp³-hybridized carbons (Fsp3) is 0.400. The van der Waals surface area contributed by atoms with E-state index in [1.165, 1.54) is 5.56 Å². The van der Waals surface area contributed by atoms with Gasteiger partial charge in [-0.2, -0.15) is 5.10 Å². The highest BCUT2D eigenvalue weighted by molar-refractivity contribution is 5.38. The lowest BCUT2D eigenvalue weighted by Gasteiger charge is -2.20. The summed E-state index contributed by atoms with van der Waals surface area (Å²) in [6, 6.07) is 6.30. The number of hydrogen-bond acceptors (Lipinski definition) is 3. The molecule has 0 aliphatic rings. The Morgan fingerprint density at radius 1 is 1.32 bits per heavy atom. The Morgan fingerprint density at radius 2 is 2.05 bits per heavy atom. The van der Waals surface area contributed by atoms with E-state index in [1.54, 1.807) is 17.1 Å². The smallest absolute Gasteiger partial charge is 0.180 e. The Labute approximate surface area is 114 Å². The van der Waals surface area contributed by atoms with Crippen LogP contribution in [0.25, 0.3) is 0 Å². The predicted molar refractivity (Wildman–Crippen MR) is 77.1 cm³/mol. The van der Waals surface area contributed by atoms with E-state index in [9.17, 15) is 0 Å². The zero-order valence-electron chi connectivity index (χ0n) is 12.0. The first-order chi connectivity index (χ1) is 8.86. The zero-order valence-corrected chi connectivity index (χ0v) is 12.0. The van der Waals surface area contributed by atoms with E-state index < -0.39 is 0 Å². The number of nitrogens with zero attached hydrogens (tertiary/aromatic N) is 2. The molecule has 0 saturated carbocycles. The van der Waals surface area contributed by atoms with Gasteiger partial charge < -0.3 is 10.5 Å². The molecule has 0 fully saturated rings. The summed E-state index contributed by atoms with van der Waals surface area (Å²) in [7, 11) is 0. The largest absolute Gasteiger partial charge is 0.471 e. The number of ether oxygens (including phenoxy) is 1. The van der Waals surface area contributed by atoms with Crippen molar-refractivity contribution < 1.29 is 4.74 Å². The summed E-state index contributed by atoms with van der Waals surface area (Å²) in [4.78, 5) is 0. The van der Waals surface area contributed by atoms with Gasteiger partial charge in [-0.15, -0.1) is 0 Å². The summed E-state index contributed by atoms with van der Waals surface area (Å²) in [6.07, 6.45) is 3.36. The lowest BCUT2D eigenvalue weighted by atomic mass is 9.86. The number of hydrogen-bond donors (Lipinski definition) is 1. The highest BCUT2D eigenvalue weighted by atomic mass is 16.5. The van der Waals surface area contributed by atoms with Gasteiger partial charge in [0.1, 0.15) is 5.75 Å². The second kappa shape index (κ2) is 4.96. The minimum absolute atomic E-state index is 0.153. The molecule has 0 saturated heterocycles. The zero-order chi connectivity index (χ0) is 14.0. The van der Waals surface area contributed by atoms with E-state index in [0.29, 0.717) is 12.4 Å². The van der Waals surface area contributed by atoms with Gasteiger partial charge in [-0.3, -0.25) is 0 Å². The topological polar surface area (TPSA) is 53.1 Å². The van der Waals surface area contributed by atoms with Crippen molar-refractivity contribution in [3.63, 3.8) is 0 Å². The van der Waals surface area contributed by atoms with Crippen molar-refractivity contribution in [3.05, 3.63) is 41.7 Å². The molecular weight excluding hydrogens is 238 g/mol. The Hall–Kier alpha value is -1.97. The summed E-state index contributed by atoms with van der Waals surface area (Å²) in [5.41, 5.74) is 8.84. The maximum absolute atomic E-state index is 5.75. The van der Waals surface area contributed by atoms with E-state index in [-0.39, 0.29) is 5.41 Å². The Balaban J connectivity index is 2.09. The highest BCUT2D eigenvalue weighted by Gasteiger charge is 2.14. The molecule has 0 spiro atoms. The monoisotopic (exact) mass is 259 g/mol. The molecule has 2 aromatic rings. The summed E-state index contributed by atoms with van der Waals surface area (Å²) in [5.74, 6) is 0.877. The fourth-order valence-electron chi connectivity index (χ4n) is 1.86. The van der Waals surface area contributed by atoms with Crippen LogP contribution in [-0.2, 0) is 12.1 Å². The average molecular weight is 259 g/mol. The molecule has 0 unspecified atom stereocenters. The molecular formula is C15H21N3O. The van der Waals surface area contributed by atoms with Crippen LogP contribution in [0.3, 0.4) is 0 Å². The third-order valence-electron chi connectivity index (χ3n) is 3.05. The second-order valence-electron chi connectivity index (χ2n) is 5.82. The minimum Gasteiger partial charge on any atom is -0.471 e. The quantitative estimate of drug-likeness (QED) is 0.921. The van der Waals surface area contributed by atoms with Crippen LogP contribution >= 0.6 is 0 Å². The van der Waals surface area contributed by atoms with Crippen LogP contribution in [0.4, 0.5) is 5.69 Å². The van der Waals surface area contributed by atoms with Gasteiger partial charge in [0.2, 0.25) is 0 Å². The molecule has 0 aliphatic carbocycles. The Morgan fingerprint density at radius 3 is 2.58 bits per heavy atom. The summed E-state index contributed by atoms with van der Waals surface area (Å²) < 4.78 is 7.42. The van der Waals surface area contributed by atoms with E-state index in [1.807, 2.05) is 6.07 Å². The first kappa shape index (κ1) is 13.5. The molecule has 0 radical (unpaired) electrons. The molecule has 1 aromatic heterocycles. The molecule has 0 aliphatic heterocycles. The average Bonchev–Trinajstić information content (AvgIpc) is 2.72. The van der Waals surface area contributed by atoms with Crippen molar-refractivity contribution in [3.8, 4) is 5.75 Å². The molecule has 4 heteroatoms. The third-order valence-corrected chi connectivity index (χ3v) is 3.05. The molecule has 1 aromatic carbocycles. The highest BCUT2D eigenvalue weighted by Crippen LogP contribution is 2.27. The first-order valence-corrected chi connectivity index (χ1v) is 6.38. The fourth-order valence-corrected chi connectivity index (χ4v) is 1.86. The van der Waals surface area contributed by atoms with Crippen molar-refractivity contribution >= 4 is 5.69 Å². The van der Waals surface area contributed by atoms with Gasteiger partial charge in [-0.25, -0.2) is 4.68 Å². The predicted octanol–water partition coefficient (Wildman–Crippen LogP) is 3.11. The third kappa shape index (κ3) is 3.28. The number of aryl methyl sites for hydroxylation is 1. The number of nitrogens with two attached hydrogens (primary N) is 1. The molecule has 102 valence electrons. The SMILES string of the molecule is Cc1cc(C(C)(C)C)ccc1OCn1cc(N)cn1. The molecule has 2 rings (SSSR count). The summed E-state index contributed by atoms with van der Waals surface area (Å²) >= 11 is 0.